The molecule has 2 aliphatic heterocycles. The highest BCUT2D eigenvalue weighted by molar-refractivity contribution is 8.17. The number of methoxy groups -OCH3 is 1. The number of alkyl halides is 3. The maximum absolute atomic E-state index is 14.3. The van der Waals surface area contributed by atoms with Gasteiger partial charge in [-0.15, -0.1) is 0 Å². The molecule has 40 heavy (non-hydrogen) atoms. The second-order valence-corrected chi connectivity index (χ2v) is 12.4. The van der Waals surface area contributed by atoms with Gasteiger partial charge >= 0.3 is 11.9 Å². The third kappa shape index (κ3) is 4.98. The van der Waals surface area contributed by atoms with Crippen molar-refractivity contribution in [3.05, 3.63) is 70.9 Å². The van der Waals surface area contributed by atoms with Crippen molar-refractivity contribution >= 4 is 33.5 Å². The molecule has 0 radical (unpaired) electrons. The fraction of sp³-hybridized carbons (Fsp3) is 0.393. The average molecular weight is 579 g/mol. The van der Waals surface area contributed by atoms with E-state index in [-0.39, 0.29) is 48.8 Å². The summed E-state index contributed by atoms with van der Waals surface area (Å²) in [7, 11) is 0.0376. The number of rotatable bonds is 4. The van der Waals surface area contributed by atoms with Gasteiger partial charge in [0, 0.05) is 48.3 Å². The lowest BCUT2D eigenvalue weighted by Gasteiger charge is -2.44. The molecule has 1 unspecified atom stereocenters. The van der Waals surface area contributed by atoms with Gasteiger partial charge in [0.05, 0.1) is 23.7 Å². The molecule has 0 N–H and O–H groups in total. The third-order valence-corrected chi connectivity index (χ3v) is 10.2. The molecule has 0 saturated carbocycles. The van der Waals surface area contributed by atoms with Crippen LogP contribution >= 0.6 is 10.9 Å². The van der Waals surface area contributed by atoms with Crippen LogP contribution in [0.3, 0.4) is 0 Å². The minimum Gasteiger partial charge on any atom is -0.379 e. The van der Waals surface area contributed by atoms with Gasteiger partial charge in [0.1, 0.15) is 11.6 Å². The van der Waals surface area contributed by atoms with Crippen LogP contribution in [0.25, 0.3) is 10.9 Å². The number of hydrogen-bond acceptors (Lipinski definition) is 5. The van der Waals surface area contributed by atoms with Crippen molar-refractivity contribution in [3.63, 3.8) is 0 Å². The van der Waals surface area contributed by atoms with E-state index in [9.17, 15) is 27.2 Å². The number of hydrogen-bond donors (Lipinski definition) is 1. The van der Waals surface area contributed by atoms with E-state index < -0.39 is 40.2 Å². The quantitative estimate of drug-likeness (QED) is 0.278. The number of piperazine rings is 1. The van der Waals surface area contributed by atoms with E-state index in [1.807, 2.05) is 13.8 Å². The molecule has 1 aromatic heterocycles. The fourth-order valence-electron chi connectivity index (χ4n) is 5.77. The van der Waals surface area contributed by atoms with Crippen LogP contribution in [0.5, 0.6) is 0 Å². The summed E-state index contributed by atoms with van der Waals surface area (Å²) in [6.07, 6.45) is -3.89. The number of ether oxygens (including phenoxy) is 1. The van der Waals surface area contributed by atoms with E-state index in [0.717, 1.165) is 12.1 Å². The normalized spacial score (nSPS) is 24.2. The van der Waals surface area contributed by atoms with Gasteiger partial charge in [-0.25, -0.2) is 9.18 Å². The molecule has 1 fully saturated rings. The number of nitrogens with zero attached hydrogens (tertiary/aromatic N) is 4. The zero-order valence-electron chi connectivity index (χ0n) is 22.3. The molecule has 0 aliphatic carbocycles. The number of aromatic nitrogens is 2. The van der Waals surface area contributed by atoms with Gasteiger partial charge in [0.15, 0.2) is 0 Å². The van der Waals surface area contributed by atoms with Crippen LogP contribution < -0.4 is 10.6 Å². The van der Waals surface area contributed by atoms with Gasteiger partial charge in [-0.05, 0) is 61.2 Å². The first-order valence-electron chi connectivity index (χ1n) is 12.8. The molecule has 0 bridgehead atoms. The SMILES string of the molecule is C=CC(=O)N1[C@H](C)CN(c2nc(=O)n3c4c(cc(C(F)(F)F)cc24)[SH](c2ccc(F)cc2)C[C@@H](OC)C3)C[C@@H]1C. The monoisotopic (exact) mass is 578 g/mol. The molecular weight excluding hydrogens is 548 g/mol. The topological polar surface area (TPSA) is 67.7 Å². The molecule has 2 aromatic carbocycles. The summed E-state index contributed by atoms with van der Waals surface area (Å²) in [5.74, 6) is -0.193. The molecule has 3 heterocycles. The molecule has 3 aromatic rings. The predicted octanol–water partition coefficient (Wildman–Crippen LogP) is 4.61. The Morgan fingerprint density at radius 2 is 1.77 bits per heavy atom. The summed E-state index contributed by atoms with van der Waals surface area (Å²) < 4.78 is 63.8. The summed E-state index contributed by atoms with van der Waals surface area (Å²) in [5.41, 5.74) is -1.07. The van der Waals surface area contributed by atoms with Gasteiger partial charge in [-0.3, -0.25) is 9.36 Å². The number of amides is 1. The van der Waals surface area contributed by atoms with Gasteiger partial charge < -0.3 is 14.5 Å². The Kier molecular flexibility index (Phi) is 7.43. The fourth-order valence-corrected chi connectivity index (χ4v) is 8.43. The van der Waals surface area contributed by atoms with Crippen LogP contribution in [0.4, 0.5) is 23.4 Å². The van der Waals surface area contributed by atoms with Crippen molar-refractivity contribution in [1.82, 2.24) is 14.5 Å². The van der Waals surface area contributed by atoms with Gasteiger partial charge in [-0.2, -0.15) is 29.1 Å². The lowest BCUT2D eigenvalue weighted by molar-refractivity contribution is -0.137. The van der Waals surface area contributed by atoms with E-state index in [0.29, 0.717) is 21.1 Å². The van der Waals surface area contributed by atoms with E-state index in [1.165, 1.54) is 29.9 Å². The van der Waals surface area contributed by atoms with Crippen LogP contribution in [0.1, 0.15) is 19.4 Å². The first-order chi connectivity index (χ1) is 18.9. The Labute approximate surface area is 231 Å². The lowest BCUT2D eigenvalue weighted by Crippen LogP contribution is -2.58. The number of benzene rings is 2. The summed E-state index contributed by atoms with van der Waals surface area (Å²) >= 11 is 0. The van der Waals surface area contributed by atoms with Crippen LogP contribution in [-0.4, -0.2) is 64.5 Å². The van der Waals surface area contributed by atoms with E-state index in [4.69, 9.17) is 4.74 Å². The molecule has 214 valence electrons. The number of thiol groups is 1. The van der Waals surface area contributed by atoms with E-state index in [2.05, 4.69) is 11.6 Å². The summed E-state index contributed by atoms with van der Waals surface area (Å²) in [4.78, 5) is 34.8. The van der Waals surface area contributed by atoms with Crippen LogP contribution in [-0.2, 0) is 22.3 Å². The van der Waals surface area contributed by atoms with E-state index in [1.54, 1.807) is 21.9 Å². The number of carbonyl (C=O) groups excluding carboxylic acids is 1. The molecule has 0 spiro atoms. The molecule has 1 amide bonds. The molecular formula is C28H30F4N4O3S. The zero-order valence-corrected chi connectivity index (χ0v) is 23.2. The maximum atomic E-state index is 14.3. The largest absolute Gasteiger partial charge is 0.416 e. The molecule has 5 rings (SSSR count). The summed E-state index contributed by atoms with van der Waals surface area (Å²) in [5, 5.41) is 0.207. The Morgan fingerprint density at radius 1 is 1.12 bits per heavy atom. The van der Waals surface area contributed by atoms with Crippen molar-refractivity contribution < 1.29 is 27.1 Å². The number of halogens is 4. The second kappa shape index (κ2) is 10.5. The minimum atomic E-state index is -4.66. The first kappa shape index (κ1) is 28.2. The predicted molar refractivity (Wildman–Crippen MR) is 147 cm³/mol. The second-order valence-electron chi connectivity index (χ2n) is 10.2. The third-order valence-electron chi connectivity index (χ3n) is 7.54. The van der Waals surface area contributed by atoms with Crippen molar-refractivity contribution in [2.75, 3.05) is 30.9 Å². The molecule has 1 saturated heterocycles. The van der Waals surface area contributed by atoms with Gasteiger partial charge in [0.2, 0.25) is 5.91 Å². The zero-order chi connectivity index (χ0) is 28.9. The average Bonchev–Trinajstić information content (AvgIpc) is 3.07. The highest BCUT2D eigenvalue weighted by atomic mass is 32.2. The smallest absolute Gasteiger partial charge is 0.379 e. The summed E-state index contributed by atoms with van der Waals surface area (Å²) in [6.45, 7) is 7.90. The Morgan fingerprint density at radius 3 is 2.35 bits per heavy atom. The standard InChI is InChI=1S/C28H30F4N4O3S/c1-5-24(37)36-16(2)12-34(13-17(36)3)26-22-10-18(28(30,31)32)11-23-25(22)35(27(38)33-26)14-20(39-4)15-40(23)21-8-6-19(29)7-9-21/h5-11,16-17,20,40H,1,12-15H2,2-4H3/t16-,17+,20-/m0/s1. The highest BCUT2D eigenvalue weighted by Crippen LogP contribution is 2.52. The molecule has 2 aliphatic rings. The van der Waals surface area contributed by atoms with Crippen molar-refractivity contribution in [3.8, 4) is 0 Å². The van der Waals surface area contributed by atoms with Crippen molar-refractivity contribution in [1.29, 1.82) is 0 Å². The minimum absolute atomic E-state index is 0.117. The van der Waals surface area contributed by atoms with Crippen LogP contribution in [0.2, 0.25) is 0 Å². The number of carbonyl (C=O) groups is 1. The molecule has 12 heteroatoms. The Hall–Kier alpha value is -3.38. The van der Waals surface area contributed by atoms with Crippen LogP contribution in [0.15, 0.2) is 63.6 Å². The van der Waals surface area contributed by atoms with Crippen molar-refractivity contribution in [2.24, 2.45) is 0 Å². The first-order valence-corrected chi connectivity index (χ1v) is 14.4. The maximum Gasteiger partial charge on any atom is 0.416 e. The van der Waals surface area contributed by atoms with Crippen LogP contribution in [0, 0.1) is 5.82 Å². The highest BCUT2D eigenvalue weighted by Gasteiger charge is 2.37. The van der Waals surface area contributed by atoms with E-state index >= 15 is 0 Å². The lowest BCUT2D eigenvalue weighted by atomic mass is 10.1. The molecule has 7 nitrogen and oxygen atoms in total. The van der Waals surface area contributed by atoms with Gasteiger partial charge in [-0.1, -0.05) is 6.58 Å². The Balaban J connectivity index is 1.77. The number of anilines is 1. The Bertz CT molecular complexity index is 1510. The van der Waals surface area contributed by atoms with Crippen molar-refractivity contribution in [2.45, 2.75) is 54.5 Å². The molecule has 4 atom stereocenters. The van der Waals surface area contributed by atoms with Gasteiger partial charge in [0.25, 0.3) is 0 Å². The summed E-state index contributed by atoms with van der Waals surface area (Å²) in [6, 6.07) is 7.29.